The lowest BCUT2D eigenvalue weighted by Crippen LogP contribution is -2.18. The van der Waals surface area contributed by atoms with Crippen molar-refractivity contribution in [2.24, 2.45) is 0 Å². The molecule has 2 aromatic carbocycles. The van der Waals surface area contributed by atoms with Gasteiger partial charge in [0.15, 0.2) is 0 Å². The number of nitrogens with zero attached hydrogens (tertiary/aromatic N) is 1. The van der Waals surface area contributed by atoms with E-state index in [0.29, 0.717) is 5.56 Å². The predicted molar refractivity (Wildman–Crippen MR) is 70.5 cm³/mol. The van der Waals surface area contributed by atoms with Crippen LogP contribution in [0, 0.1) is 10.1 Å². The van der Waals surface area contributed by atoms with Gasteiger partial charge in [-0.05, 0) is 6.07 Å². The topological polar surface area (TPSA) is 89.7 Å². The van der Waals surface area contributed by atoms with Gasteiger partial charge in [-0.3, -0.25) is 10.1 Å². The van der Waals surface area contributed by atoms with Gasteiger partial charge in [-0.15, -0.1) is 0 Å². The summed E-state index contributed by atoms with van der Waals surface area (Å²) in [5.74, 6) is -1.03. The molecule has 0 heterocycles. The summed E-state index contributed by atoms with van der Waals surface area (Å²) >= 11 is 0. The number of nitro benzene ring substituents is 1. The number of nitro groups is 1. The number of ether oxygens (including phenoxy) is 1. The highest BCUT2D eigenvalue weighted by Crippen LogP contribution is 2.25. The van der Waals surface area contributed by atoms with Crippen LogP contribution in [0.2, 0.25) is 0 Å². The van der Waals surface area contributed by atoms with Gasteiger partial charge in [-0.1, -0.05) is 36.4 Å². The third-order valence-corrected chi connectivity index (χ3v) is 2.61. The third kappa shape index (κ3) is 3.11. The highest BCUT2D eigenvalue weighted by atomic mass is 16.6. The molecule has 20 heavy (non-hydrogen) atoms. The van der Waals surface area contributed by atoms with Crippen LogP contribution in [-0.4, -0.2) is 16.0 Å². The molecule has 6 heteroatoms. The molecular weight excluding hydrogens is 262 g/mol. The lowest BCUT2D eigenvalue weighted by Gasteiger charge is -2.15. The maximum Gasteiger partial charge on any atom is 0.349 e. The highest BCUT2D eigenvalue weighted by molar-refractivity contribution is 5.74. The molecule has 1 unspecified atom stereocenters. The lowest BCUT2D eigenvalue weighted by atomic mass is 10.1. The Morgan fingerprint density at radius 1 is 1.15 bits per heavy atom. The van der Waals surface area contributed by atoms with Crippen molar-refractivity contribution in [3.8, 4) is 5.75 Å². The van der Waals surface area contributed by atoms with Gasteiger partial charge in [0, 0.05) is 11.6 Å². The molecule has 0 amide bonds. The molecular formula is C14H11NO5. The third-order valence-electron chi connectivity index (χ3n) is 2.61. The van der Waals surface area contributed by atoms with Crippen molar-refractivity contribution in [2.45, 2.75) is 6.10 Å². The Labute approximate surface area is 114 Å². The molecule has 2 aromatic rings. The Morgan fingerprint density at radius 3 is 2.45 bits per heavy atom. The van der Waals surface area contributed by atoms with Gasteiger partial charge in [-0.2, -0.15) is 0 Å². The Bertz CT molecular complexity index is 626. The smallest absolute Gasteiger partial charge is 0.349 e. The number of rotatable bonds is 5. The van der Waals surface area contributed by atoms with Crippen molar-refractivity contribution in [1.29, 1.82) is 0 Å². The van der Waals surface area contributed by atoms with Gasteiger partial charge in [0.25, 0.3) is 5.69 Å². The summed E-state index contributed by atoms with van der Waals surface area (Å²) in [6.07, 6.45) is -1.21. The fourth-order valence-corrected chi connectivity index (χ4v) is 1.70. The quantitative estimate of drug-likeness (QED) is 0.668. The van der Waals surface area contributed by atoms with Gasteiger partial charge >= 0.3 is 5.97 Å². The number of carbonyl (C=O) groups is 1. The molecule has 1 N–H and O–H groups in total. The lowest BCUT2D eigenvalue weighted by molar-refractivity contribution is -0.385. The fraction of sp³-hybridized carbons (Fsp3) is 0.0714. The second-order valence-electron chi connectivity index (χ2n) is 4.00. The van der Waals surface area contributed by atoms with Crippen molar-refractivity contribution in [1.82, 2.24) is 0 Å². The maximum atomic E-state index is 11.3. The second-order valence-corrected chi connectivity index (χ2v) is 4.00. The van der Waals surface area contributed by atoms with Crippen LogP contribution in [0.4, 0.5) is 5.69 Å². The molecule has 0 bridgehead atoms. The van der Waals surface area contributed by atoms with Crippen LogP contribution in [0.5, 0.6) is 5.75 Å². The van der Waals surface area contributed by atoms with E-state index in [4.69, 9.17) is 4.74 Å². The zero-order valence-corrected chi connectivity index (χ0v) is 10.3. The first-order valence-corrected chi connectivity index (χ1v) is 5.77. The van der Waals surface area contributed by atoms with E-state index in [1.807, 2.05) is 0 Å². The Balaban J connectivity index is 2.27. The fourth-order valence-electron chi connectivity index (χ4n) is 1.70. The molecule has 1 atom stereocenters. The minimum atomic E-state index is -1.21. The zero-order valence-electron chi connectivity index (χ0n) is 10.3. The van der Waals surface area contributed by atoms with Crippen molar-refractivity contribution >= 4 is 11.7 Å². The van der Waals surface area contributed by atoms with E-state index in [1.165, 1.54) is 24.3 Å². The van der Waals surface area contributed by atoms with E-state index in [2.05, 4.69) is 0 Å². The number of non-ortho nitro benzene ring substituents is 1. The van der Waals surface area contributed by atoms with Crippen molar-refractivity contribution in [2.75, 3.05) is 0 Å². The van der Waals surface area contributed by atoms with E-state index in [-0.39, 0.29) is 11.4 Å². The average Bonchev–Trinajstić information content (AvgIpc) is 2.45. The minimum absolute atomic E-state index is 0.135. The largest absolute Gasteiger partial charge is 0.478 e. The first-order chi connectivity index (χ1) is 9.58. The molecule has 0 saturated heterocycles. The molecule has 6 nitrogen and oxygen atoms in total. The van der Waals surface area contributed by atoms with Crippen LogP contribution in [-0.2, 0) is 4.79 Å². The van der Waals surface area contributed by atoms with Crippen LogP contribution < -0.4 is 4.74 Å². The molecule has 0 aliphatic rings. The van der Waals surface area contributed by atoms with E-state index in [0.717, 1.165) is 0 Å². The van der Waals surface area contributed by atoms with Crippen molar-refractivity contribution < 1.29 is 19.6 Å². The number of hydrogen-bond acceptors (Lipinski definition) is 4. The summed E-state index contributed by atoms with van der Waals surface area (Å²) < 4.78 is 5.35. The summed E-state index contributed by atoms with van der Waals surface area (Å²) in [7, 11) is 0. The summed E-state index contributed by atoms with van der Waals surface area (Å²) in [6, 6.07) is 13.8. The number of benzene rings is 2. The first-order valence-electron chi connectivity index (χ1n) is 5.77. The SMILES string of the molecule is O=C(O)C(Oc1cccc([N+](=O)[O-])c1)c1ccccc1. The summed E-state index contributed by atoms with van der Waals surface area (Å²) in [5.41, 5.74) is 0.311. The number of hydrogen-bond donors (Lipinski definition) is 1. The molecule has 0 spiro atoms. The van der Waals surface area contributed by atoms with Crippen LogP contribution in [0.3, 0.4) is 0 Å². The molecule has 0 saturated carbocycles. The van der Waals surface area contributed by atoms with Crippen LogP contribution in [0.15, 0.2) is 54.6 Å². The number of carboxylic acids is 1. The van der Waals surface area contributed by atoms with Gasteiger partial charge < -0.3 is 9.84 Å². The van der Waals surface area contributed by atoms with Crippen molar-refractivity contribution in [3.05, 3.63) is 70.3 Å². The van der Waals surface area contributed by atoms with Crippen LogP contribution in [0.1, 0.15) is 11.7 Å². The van der Waals surface area contributed by atoms with Gasteiger partial charge in [0.05, 0.1) is 11.0 Å². The zero-order chi connectivity index (χ0) is 14.5. The number of aliphatic carboxylic acids is 1. The standard InChI is InChI=1S/C14H11NO5/c16-14(17)13(10-5-2-1-3-6-10)20-12-8-4-7-11(9-12)15(18)19/h1-9,13H,(H,16,17). The van der Waals surface area contributed by atoms with Gasteiger partial charge in [0.2, 0.25) is 6.10 Å². The predicted octanol–water partition coefficient (Wildman–Crippen LogP) is 2.80. The monoisotopic (exact) mass is 273 g/mol. The van der Waals surface area contributed by atoms with E-state index < -0.39 is 17.0 Å². The molecule has 0 aromatic heterocycles. The van der Waals surface area contributed by atoms with E-state index in [1.54, 1.807) is 30.3 Å². The summed E-state index contributed by atoms with van der Waals surface area (Å²) in [4.78, 5) is 21.4. The number of carboxylic acid groups (broad SMARTS) is 1. The van der Waals surface area contributed by atoms with E-state index in [9.17, 15) is 20.0 Å². The normalized spacial score (nSPS) is 11.6. The minimum Gasteiger partial charge on any atom is -0.478 e. The first kappa shape index (κ1) is 13.5. The Morgan fingerprint density at radius 2 is 1.85 bits per heavy atom. The van der Waals surface area contributed by atoms with E-state index >= 15 is 0 Å². The molecule has 0 aliphatic carbocycles. The van der Waals surface area contributed by atoms with Gasteiger partial charge in [-0.25, -0.2) is 4.79 Å². The summed E-state index contributed by atoms with van der Waals surface area (Å²) in [5, 5.41) is 19.9. The van der Waals surface area contributed by atoms with Gasteiger partial charge in [0.1, 0.15) is 5.75 Å². The summed E-state index contributed by atoms with van der Waals surface area (Å²) in [6.45, 7) is 0. The van der Waals surface area contributed by atoms with Crippen LogP contribution >= 0.6 is 0 Å². The Hall–Kier alpha value is -2.89. The highest BCUT2D eigenvalue weighted by Gasteiger charge is 2.22. The average molecular weight is 273 g/mol. The molecule has 102 valence electrons. The molecule has 0 fully saturated rings. The van der Waals surface area contributed by atoms with Crippen LogP contribution in [0.25, 0.3) is 0 Å². The molecule has 0 radical (unpaired) electrons. The molecule has 2 rings (SSSR count). The maximum absolute atomic E-state index is 11.3. The van der Waals surface area contributed by atoms with Crippen molar-refractivity contribution in [3.63, 3.8) is 0 Å². The second kappa shape index (κ2) is 5.83. The Kier molecular flexibility index (Phi) is 3.95. The molecule has 0 aliphatic heterocycles.